The van der Waals surface area contributed by atoms with Crippen LogP contribution in [-0.2, 0) is 5.41 Å². The average molecular weight is 201 g/mol. The molecule has 1 aliphatic carbocycles. The molecule has 1 aliphatic heterocycles. The number of likely N-dealkylation sites (tertiary alicyclic amines) is 1. The van der Waals surface area contributed by atoms with Crippen molar-refractivity contribution in [2.24, 2.45) is 5.92 Å². The van der Waals surface area contributed by atoms with Gasteiger partial charge >= 0.3 is 0 Å². The molecule has 0 N–H and O–H groups in total. The molecular formula is C14H19N. The van der Waals surface area contributed by atoms with E-state index in [0.29, 0.717) is 5.41 Å². The number of nitrogens with zero attached hydrogens (tertiary/aromatic N) is 1. The number of fused-ring (bicyclic) bond motifs is 1. The molecule has 80 valence electrons. The maximum atomic E-state index is 2.59. The van der Waals surface area contributed by atoms with Crippen molar-refractivity contribution in [3.05, 3.63) is 35.4 Å². The van der Waals surface area contributed by atoms with Crippen LogP contribution in [-0.4, -0.2) is 24.5 Å². The number of hydrogen-bond acceptors (Lipinski definition) is 1. The third kappa shape index (κ3) is 1.33. The monoisotopic (exact) mass is 201 g/mol. The van der Waals surface area contributed by atoms with Gasteiger partial charge in [0.1, 0.15) is 0 Å². The van der Waals surface area contributed by atoms with Gasteiger partial charge in [-0.05, 0) is 31.4 Å². The third-order valence-corrected chi connectivity index (χ3v) is 4.29. The highest BCUT2D eigenvalue weighted by molar-refractivity contribution is 5.38. The van der Waals surface area contributed by atoms with Crippen LogP contribution in [0, 0.1) is 12.8 Å². The van der Waals surface area contributed by atoms with Crippen molar-refractivity contribution in [2.75, 3.05) is 19.6 Å². The predicted octanol–water partition coefficient (Wildman–Crippen LogP) is 2.59. The van der Waals surface area contributed by atoms with E-state index in [1.54, 1.807) is 5.56 Å². The summed E-state index contributed by atoms with van der Waals surface area (Å²) in [5.41, 5.74) is 3.50. The smallest absolute Gasteiger partial charge is 0.0124 e. The summed E-state index contributed by atoms with van der Waals surface area (Å²) in [6.45, 7) is 8.26. The van der Waals surface area contributed by atoms with Gasteiger partial charge in [-0.3, -0.25) is 0 Å². The maximum absolute atomic E-state index is 2.59. The third-order valence-electron chi connectivity index (χ3n) is 4.29. The molecule has 2 aliphatic rings. The molecule has 2 fully saturated rings. The largest absolute Gasteiger partial charge is 0.302 e. The second-order valence-electron chi connectivity index (χ2n) is 5.25. The van der Waals surface area contributed by atoms with E-state index in [-0.39, 0.29) is 0 Å². The fourth-order valence-corrected chi connectivity index (χ4v) is 3.16. The molecule has 0 radical (unpaired) electrons. The van der Waals surface area contributed by atoms with Crippen LogP contribution in [0.5, 0.6) is 0 Å². The van der Waals surface area contributed by atoms with Crippen molar-refractivity contribution in [1.29, 1.82) is 0 Å². The Bertz CT molecular complexity index is 367. The molecule has 1 heterocycles. The maximum Gasteiger partial charge on any atom is 0.0124 e. The predicted molar refractivity (Wildman–Crippen MR) is 63.1 cm³/mol. The van der Waals surface area contributed by atoms with Crippen LogP contribution < -0.4 is 0 Å². The van der Waals surface area contributed by atoms with Gasteiger partial charge in [-0.2, -0.15) is 0 Å². The molecule has 1 nitrogen and oxygen atoms in total. The normalized spacial score (nSPS) is 34.1. The highest BCUT2D eigenvalue weighted by Crippen LogP contribution is 2.58. The first-order valence-electron chi connectivity index (χ1n) is 6.04. The number of aryl methyl sites for hydroxylation is 1. The lowest BCUT2D eigenvalue weighted by atomic mass is 9.94. The van der Waals surface area contributed by atoms with Crippen molar-refractivity contribution in [2.45, 2.75) is 25.7 Å². The highest BCUT2D eigenvalue weighted by Gasteiger charge is 2.60. The summed E-state index contributed by atoms with van der Waals surface area (Å²) < 4.78 is 0. The van der Waals surface area contributed by atoms with Crippen LogP contribution in [0.25, 0.3) is 0 Å². The zero-order chi connectivity index (χ0) is 10.5. The first kappa shape index (κ1) is 9.41. The van der Waals surface area contributed by atoms with E-state index in [2.05, 4.69) is 43.0 Å². The summed E-state index contributed by atoms with van der Waals surface area (Å²) in [6.07, 6.45) is 1.42. The van der Waals surface area contributed by atoms with E-state index < -0.39 is 0 Å². The Labute approximate surface area is 92.1 Å². The minimum absolute atomic E-state index is 0.545. The van der Waals surface area contributed by atoms with Gasteiger partial charge in [0.25, 0.3) is 0 Å². The second kappa shape index (κ2) is 3.08. The number of piperidine rings is 1. The molecule has 0 amide bonds. The van der Waals surface area contributed by atoms with Crippen LogP contribution in [0.2, 0.25) is 0 Å². The van der Waals surface area contributed by atoms with E-state index in [9.17, 15) is 0 Å². The van der Waals surface area contributed by atoms with Crippen molar-refractivity contribution in [3.8, 4) is 0 Å². The second-order valence-corrected chi connectivity index (χ2v) is 5.25. The van der Waals surface area contributed by atoms with Gasteiger partial charge in [0.05, 0.1) is 0 Å². The molecule has 0 spiro atoms. The van der Waals surface area contributed by atoms with Gasteiger partial charge in [0.15, 0.2) is 0 Å². The lowest BCUT2D eigenvalue weighted by molar-refractivity contribution is 0.314. The SMILES string of the molecule is CCN1C[C@H]2CC2(c2ccc(C)cc2)C1. The van der Waals surface area contributed by atoms with E-state index in [1.165, 1.54) is 31.6 Å². The quantitative estimate of drug-likeness (QED) is 0.711. The standard InChI is InChI=1S/C14H19N/c1-3-15-9-13-8-14(13,10-15)12-6-4-11(2)5-7-12/h4-7,13H,3,8-10H2,1-2H3/t13-,14?/m1/s1. The van der Waals surface area contributed by atoms with Crippen molar-refractivity contribution in [3.63, 3.8) is 0 Å². The number of benzene rings is 1. The van der Waals surface area contributed by atoms with Crippen LogP contribution >= 0.6 is 0 Å². The summed E-state index contributed by atoms with van der Waals surface area (Å²) in [5, 5.41) is 0. The van der Waals surface area contributed by atoms with Crippen molar-refractivity contribution >= 4 is 0 Å². The van der Waals surface area contributed by atoms with E-state index >= 15 is 0 Å². The van der Waals surface area contributed by atoms with Gasteiger partial charge in [-0.1, -0.05) is 36.8 Å². The highest BCUT2D eigenvalue weighted by atomic mass is 15.2. The zero-order valence-electron chi connectivity index (χ0n) is 9.66. The summed E-state index contributed by atoms with van der Waals surface area (Å²) in [4.78, 5) is 2.59. The zero-order valence-corrected chi connectivity index (χ0v) is 9.66. The Hall–Kier alpha value is -0.820. The summed E-state index contributed by atoms with van der Waals surface area (Å²) >= 11 is 0. The number of hydrogen-bond donors (Lipinski definition) is 0. The molecule has 2 atom stereocenters. The van der Waals surface area contributed by atoms with Gasteiger partial charge in [0, 0.05) is 18.5 Å². The molecule has 15 heavy (non-hydrogen) atoms. The molecule has 1 heteroatoms. The fraction of sp³-hybridized carbons (Fsp3) is 0.571. The van der Waals surface area contributed by atoms with Gasteiger partial charge in [0.2, 0.25) is 0 Å². The Balaban J connectivity index is 1.87. The van der Waals surface area contributed by atoms with E-state index in [4.69, 9.17) is 0 Å². The Kier molecular flexibility index (Phi) is 1.93. The summed E-state index contributed by atoms with van der Waals surface area (Å²) in [5.74, 6) is 0.945. The molecule has 1 aromatic rings. The molecule has 1 aromatic carbocycles. The average Bonchev–Trinajstić information content (AvgIpc) is 2.83. The first-order chi connectivity index (χ1) is 7.24. The molecule has 1 saturated heterocycles. The van der Waals surface area contributed by atoms with Gasteiger partial charge in [-0.25, -0.2) is 0 Å². The molecule has 0 aromatic heterocycles. The van der Waals surface area contributed by atoms with Crippen LogP contribution in [0.15, 0.2) is 24.3 Å². The summed E-state index contributed by atoms with van der Waals surface area (Å²) in [7, 11) is 0. The Morgan fingerprint density at radius 1 is 1.33 bits per heavy atom. The lowest BCUT2D eigenvalue weighted by Gasteiger charge is -2.19. The number of rotatable bonds is 2. The summed E-state index contributed by atoms with van der Waals surface area (Å²) in [6, 6.07) is 9.20. The lowest BCUT2D eigenvalue weighted by Crippen LogP contribution is -2.26. The van der Waals surface area contributed by atoms with Gasteiger partial charge < -0.3 is 4.90 Å². The minimum Gasteiger partial charge on any atom is -0.302 e. The molecular weight excluding hydrogens is 182 g/mol. The van der Waals surface area contributed by atoms with E-state index in [1.807, 2.05) is 0 Å². The minimum atomic E-state index is 0.545. The topological polar surface area (TPSA) is 3.24 Å². The van der Waals surface area contributed by atoms with Gasteiger partial charge in [-0.15, -0.1) is 0 Å². The van der Waals surface area contributed by atoms with Crippen LogP contribution in [0.3, 0.4) is 0 Å². The first-order valence-corrected chi connectivity index (χ1v) is 6.04. The van der Waals surface area contributed by atoms with Crippen molar-refractivity contribution in [1.82, 2.24) is 4.90 Å². The van der Waals surface area contributed by atoms with E-state index in [0.717, 1.165) is 5.92 Å². The Morgan fingerprint density at radius 3 is 2.67 bits per heavy atom. The van der Waals surface area contributed by atoms with Crippen LogP contribution in [0.1, 0.15) is 24.5 Å². The molecule has 1 unspecified atom stereocenters. The molecule has 1 saturated carbocycles. The van der Waals surface area contributed by atoms with Crippen molar-refractivity contribution < 1.29 is 0 Å². The Morgan fingerprint density at radius 2 is 2.07 bits per heavy atom. The molecule has 0 bridgehead atoms. The fourth-order valence-electron chi connectivity index (χ4n) is 3.16. The number of likely N-dealkylation sites (N-methyl/N-ethyl adjacent to an activating group) is 1. The molecule has 3 rings (SSSR count). The van der Waals surface area contributed by atoms with Crippen LogP contribution in [0.4, 0.5) is 0 Å².